The van der Waals surface area contributed by atoms with Crippen molar-refractivity contribution in [2.24, 2.45) is 0 Å². The quantitative estimate of drug-likeness (QED) is 0.843. The van der Waals surface area contributed by atoms with E-state index in [9.17, 15) is 4.79 Å². The smallest absolute Gasteiger partial charge is 0.239 e. The first-order valence-corrected chi connectivity index (χ1v) is 6.53. The van der Waals surface area contributed by atoms with Crippen LogP contribution >= 0.6 is 0 Å². The third-order valence-electron chi connectivity index (χ3n) is 3.46. The lowest BCUT2D eigenvalue weighted by Crippen LogP contribution is -2.47. The lowest BCUT2D eigenvalue weighted by molar-refractivity contribution is -0.120. The van der Waals surface area contributed by atoms with E-state index in [0.29, 0.717) is 12.6 Å². The van der Waals surface area contributed by atoms with Crippen LogP contribution in [0, 0.1) is 0 Å². The van der Waals surface area contributed by atoms with E-state index in [-0.39, 0.29) is 5.91 Å². The van der Waals surface area contributed by atoms with Gasteiger partial charge in [-0.1, -0.05) is 19.1 Å². The van der Waals surface area contributed by atoms with E-state index in [1.165, 1.54) is 5.56 Å². The highest BCUT2D eigenvalue weighted by atomic mass is 16.2. The largest absolute Gasteiger partial charge is 0.360 e. The number of piperazine rings is 1. The number of carbonyl (C=O) groups excluding carboxylic acids is 1. The molecule has 0 aromatic heterocycles. The molecule has 0 spiro atoms. The standard InChI is InChI=1S/C14H21N3O/c1-3-13(15-2)11-4-6-12(7-5-11)17-9-8-16-14(18)10-17/h4-7,13,15H,3,8-10H2,1-2H3,(H,16,18). The number of amides is 1. The van der Waals surface area contributed by atoms with Crippen molar-refractivity contribution in [1.29, 1.82) is 0 Å². The molecule has 2 rings (SSSR count). The number of rotatable bonds is 4. The van der Waals surface area contributed by atoms with Gasteiger partial charge in [0.1, 0.15) is 0 Å². The van der Waals surface area contributed by atoms with Gasteiger partial charge in [-0.2, -0.15) is 0 Å². The predicted molar refractivity (Wildman–Crippen MR) is 73.8 cm³/mol. The molecule has 1 aromatic rings. The van der Waals surface area contributed by atoms with Crippen LogP contribution in [-0.4, -0.2) is 32.6 Å². The highest BCUT2D eigenvalue weighted by Crippen LogP contribution is 2.21. The highest BCUT2D eigenvalue weighted by Gasteiger charge is 2.16. The van der Waals surface area contributed by atoms with Crippen molar-refractivity contribution < 1.29 is 4.79 Å². The first-order chi connectivity index (χ1) is 8.74. The van der Waals surface area contributed by atoms with Crippen LogP contribution in [0.25, 0.3) is 0 Å². The molecule has 18 heavy (non-hydrogen) atoms. The fraction of sp³-hybridized carbons (Fsp3) is 0.500. The lowest BCUT2D eigenvalue weighted by atomic mass is 10.0. The van der Waals surface area contributed by atoms with Crippen molar-refractivity contribution in [3.8, 4) is 0 Å². The van der Waals surface area contributed by atoms with E-state index in [2.05, 4.69) is 46.7 Å². The van der Waals surface area contributed by atoms with Crippen LogP contribution in [0.5, 0.6) is 0 Å². The van der Waals surface area contributed by atoms with Crippen LogP contribution in [-0.2, 0) is 4.79 Å². The summed E-state index contributed by atoms with van der Waals surface area (Å²) in [7, 11) is 1.98. The second-order valence-electron chi connectivity index (χ2n) is 4.61. The molecule has 98 valence electrons. The number of hydrogen-bond donors (Lipinski definition) is 2. The maximum atomic E-state index is 11.4. The zero-order chi connectivity index (χ0) is 13.0. The second kappa shape index (κ2) is 5.87. The summed E-state index contributed by atoms with van der Waals surface area (Å²) in [6.45, 7) is 4.25. The van der Waals surface area contributed by atoms with Crippen LogP contribution < -0.4 is 15.5 Å². The number of carbonyl (C=O) groups is 1. The van der Waals surface area contributed by atoms with Gasteiger partial charge >= 0.3 is 0 Å². The Kier molecular flexibility index (Phi) is 4.20. The van der Waals surface area contributed by atoms with Gasteiger partial charge in [0.2, 0.25) is 5.91 Å². The normalized spacial score (nSPS) is 17.4. The molecule has 0 bridgehead atoms. The van der Waals surface area contributed by atoms with E-state index in [4.69, 9.17) is 0 Å². The van der Waals surface area contributed by atoms with Gasteiger partial charge in [-0.25, -0.2) is 0 Å². The average molecular weight is 247 g/mol. The number of nitrogens with one attached hydrogen (secondary N) is 2. The summed E-state index contributed by atoms with van der Waals surface area (Å²) in [6, 6.07) is 8.91. The number of anilines is 1. The first-order valence-electron chi connectivity index (χ1n) is 6.53. The summed E-state index contributed by atoms with van der Waals surface area (Å²) in [6.07, 6.45) is 1.07. The Morgan fingerprint density at radius 1 is 1.39 bits per heavy atom. The monoisotopic (exact) mass is 247 g/mol. The van der Waals surface area contributed by atoms with Crippen molar-refractivity contribution >= 4 is 11.6 Å². The van der Waals surface area contributed by atoms with Crippen molar-refractivity contribution in [2.75, 3.05) is 31.6 Å². The van der Waals surface area contributed by atoms with Gasteiger partial charge in [0.25, 0.3) is 0 Å². The molecule has 1 aliphatic rings. The minimum Gasteiger partial charge on any atom is -0.360 e. The van der Waals surface area contributed by atoms with Gasteiger partial charge in [0, 0.05) is 24.8 Å². The summed E-state index contributed by atoms with van der Waals surface area (Å²) in [5.74, 6) is 0.104. The van der Waals surface area contributed by atoms with E-state index >= 15 is 0 Å². The molecule has 1 heterocycles. The average Bonchev–Trinajstić information content (AvgIpc) is 2.41. The zero-order valence-electron chi connectivity index (χ0n) is 11.1. The van der Waals surface area contributed by atoms with E-state index < -0.39 is 0 Å². The third kappa shape index (κ3) is 2.82. The Morgan fingerprint density at radius 2 is 2.11 bits per heavy atom. The molecule has 1 fully saturated rings. The Balaban J connectivity index is 2.09. The zero-order valence-corrected chi connectivity index (χ0v) is 11.1. The summed E-state index contributed by atoms with van der Waals surface area (Å²) in [4.78, 5) is 13.5. The fourth-order valence-electron chi connectivity index (χ4n) is 2.38. The number of nitrogens with zero attached hydrogens (tertiary/aromatic N) is 1. The molecule has 1 aliphatic heterocycles. The molecule has 1 aromatic carbocycles. The minimum atomic E-state index is 0.104. The van der Waals surface area contributed by atoms with Crippen molar-refractivity contribution in [1.82, 2.24) is 10.6 Å². The fourth-order valence-corrected chi connectivity index (χ4v) is 2.38. The number of benzene rings is 1. The van der Waals surface area contributed by atoms with E-state index in [1.54, 1.807) is 0 Å². The summed E-state index contributed by atoms with van der Waals surface area (Å²) in [5, 5.41) is 6.14. The van der Waals surface area contributed by atoms with Crippen molar-refractivity contribution in [2.45, 2.75) is 19.4 Å². The molecule has 4 nitrogen and oxygen atoms in total. The summed E-state index contributed by atoms with van der Waals surface area (Å²) >= 11 is 0. The minimum absolute atomic E-state index is 0.104. The molecular weight excluding hydrogens is 226 g/mol. The summed E-state index contributed by atoms with van der Waals surface area (Å²) < 4.78 is 0. The molecule has 1 atom stereocenters. The predicted octanol–water partition coefficient (Wildman–Crippen LogP) is 1.29. The molecule has 1 unspecified atom stereocenters. The lowest BCUT2D eigenvalue weighted by Gasteiger charge is -2.29. The topological polar surface area (TPSA) is 44.4 Å². The highest BCUT2D eigenvalue weighted by molar-refractivity contribution is 5.82. The molecule has 1 saturated heterocycles. The second-order valence-corrected chi connectivity index (χ2v) is 4.61. The van der Waals surface area contributed by atoms with Crippen molar-refractivity contribution in [3.63, 3.8) is 0 Å². The van der Waals surface area contributed by atoms with Gasteiger partial charge in [0.15, 0.2) is 0 Å². The number of hydrogen-bond acceptors (Lipinski definition) is 3. The maximum Gasteiger partial charge on any atom is 0.239 e. The van der Waals surface area contributed by atoms with Gasteiger partial charge in [-0.05, 0) is 31.2 Å². The molecule has 4 heteroatoms. The van der Waals surface area contributed by atoms with Gasteiger partial charge in [-0.15, -0.1) is 0 Å². The third-order valence-corrected chi connectivity index (χ3v) is 3.46. The van der Waals surface area contributed by atoms with Crippen molar-refractivity contribution in [3.05, 3.63) is 29.8 Å². The SMILES string of the molecule is CCC(NC)c1ccc(N2CCNC(=O)C2)cc1. The maximum absolute atomic E-state index is 11.4. The van der Waals surface area contributed by atoms with Gasteiger partial charge in [0.05, 0.1) is 6.54 Å². The van der Waals surface area contributed by atoms with Gasteiger partial charge in [-0.3, -0.25) is 4.79 Å². The van der Waals surface area contributed by atoms with E-state index in [0.717, 1.165) is 25.2 Å². The Hall–Kier alpha value is -1.55. The van der Waals surface area contributed by atoms with Crippen LogP contribution in [0.4, 0.5) is 5.69 Å². The molecule has 0 saturated carbocycles. The molecule has 2 N–H and O–H groups in total. The van der Waals surface area contributed by atoms with Crippen LogP contribution in [0.15, 0.2) is 24.3 Å². The van der Waals surface area contributed by atoms with Gasteiger partial charge < -0.3 is 15.5 Å². The molecule has 0 radical (unpaired) electrons. The molecular formula is C14H21N3O. The van der Waals surface area contributed by atoms with Crippen LogP contribution in [0.3, 0.4) is 0 Å². The Labute approximate surface area is 108 Å². The molecule has 0 aliphatic carbocycles. The molecule has 1 amide bonds. The summed E-state index contributed by atoms with van der Waals surface area (Å²) in [5.41, 5.74) is 2.42. The van der Waals surface area contributed by atoms with E-state index in [1.807, 2.05) is 7.05 Å². The first kappa shape index (κ1) is 12.9. The van der Waals surface area contributed by atoms with Crippen LogP contribution in [0.1, 0.15) is 24.9 Å². The Bertz CT molecular complexity index is 398. The Morgan fingerprint density at radius 3 is 2.67 bits per heavy atom. The van der Waals surface area contributed by atoms with Crippen LogP contribution in [0.2, 0.25) is 0 Å².